The number of rotatable bonds is 7. The van der Waals surface area contributed by atoms with Crippen LogP contribution in [0.15, 0.2) is 18.2 Å². The molecule has 0 aliphatic heterocycles. The molecule has 0 heterocycles. The second kappa shape index (κ2) is 6.73. The standard InChI is InChI=1S/C14H20N2O5/c1-4-15-10-8-13(14(10)20-3)21-12-7-9(19-2)5-6-11(12)16(17)18/h5-7,10,13-15H,4,8H2,1-3H3. The maximum Gasteiger partial charge on any atom is 0.311 e. The predicted molar refractivity (Wildman–Crippen MR) is 76.9 cm³/mol. The molecular weight excluding hydrogens is 276 g/mol. The van der Waals surface area contributed by atoms with Crippen molar-refractivity contribution in [3.05, 3.63) is 28.3 Å². The van der Waals surface area contributed by atoms with Crippen molar-refractivity contribution in [2.24, 2.45) is 0 Å². The molecule has 1 aliphatic rings. The zero-order valence-electron chi connectivity index (χ0n) is 12.4. The molecule has 1 saturated carbocycles. The summed E-state index contributed by atoms with van der Waals surface area (Å²) in [6.07, 6.45) is 0.432. The number of nitrogens with one attached hydrogen (secondary N) is 1. The molecule has 0 bridgehead atoms. The molecule has 116 valence electrons. The summed E-state index contributed by atoms with van der Waals surface area (Å²) in [5, 5.41) is 14.4. The average Bonchev–Trinajstić information content (AvgIpc) is 2.46. The van der Waals surface area contributed by atoms with Crippen molar-refractivity contribution in [2.75, 3.05) is 20.8 Å². The van der Waals surface area contributed by atoms with Gasteiger partial charge in [-0.2, -0.15) is 0 Å². The normalized spacial score (nSPS) is 24.2. The van der Waals surface area contributed by atoms with Gasteiger partial charge in [-0.25, -0.2) is 0 Å². The minimum atomic E-state index is -0.461. The number of nitro groups is 1. The lowest BCUT2D eigenvalue weighted by atomic mass is 9.85. The summed E-state index contributed by atoms with van der Waals surface area (Å²) in [4.78, 5) is 10.6. The van der Waals surface area contributed by atoms with Gasteiger partial charge in [0.15, 0.2) is 0 Å². The van der Waals surface area contributed by atoms with E-state index in [1.165, 1.54) is 19.2 Å². The van der Waals surface area contributed by atoms with Gasteiger partial charge in [0.25, 0.3) is 0 Å². The monoisotopic (exact) mass is 296 g/mol. The van der Waals surface area contributed by atoms with Crippen molar-refractivity contribution >= 4 is 5.69 Å². The van der Waals surface area contributed by atoms with Crippen LogP contribution in [-0.4, -0.2) is 43.9 Å². The molecule has 2 rings (SSSR count). The van der Waals surface area contributed by atoms with Crippen LogP contribution in [0.2, 0.25) is 0 Å². The molecule has 21 heavy (non-hydrogen) atoms. The quantitative estimate of drug-likeness (QED) is 0.609. The largest absolute Gasteiger partial charge is 0.497 e. The van der Waals surface area contributed by atoms with Crippen LogP contribution in [0.25, 0.3) is 0 Å². The fourth-order valence-corrected chi connectivity index (χ4v) is 2.50. The van der Waals surface area contributed by atoms with E-state index in [1.54, 1.807) is 13.2 Å². The molecule has 7 nitrogen and oxygen atoms in total. The fourth-order valence-electron chi connectivity index (χ4n) is 2.50. The van der Waals surface area contributed by atoms with Gasteiger partial charge in [0.2, 0.25) is 5.75 Å². The van der Waals surface area contributed by atoms with E-state index < -0.39 is 4.92 Å². The van der Waals surface area contributed by atoms with Crippen LogP contribution in [0.4, 0.5) is 5.69 Å². The molecule has 0 saturated heterocycles. The summed E-state index contributed by atoms with van der Waals surface area (Å²) < 4.78 is 16.3. The van der Waals surface area contributed by atoms with Gasteiger partial charge in [-0.1, -0.05) is 6.92 Å². The summed E-state index contributed by atoms with van der Waals surface area (Å²) in [5.74, 6) is 0.730. The summed E-state index contributed by atoms with van der Waals surface area (Å²) in [6.45, 7) is 2.87. The molecule has 3 atom stereocenters. The smallest absolute Gasteiger partial charge is 0.311 e. The molecule has 0 aromatic heterocycles. The van der Waals surface area contributed by atoms with Gasteiger partial charge in [-0.05, 0) is 12.6 Å². The highest BCUT2D eigenvalue weighted by atomic mass is 16.6. The predicted octanol–water partition coefficient (Wildman–Crippen LogP) is 1.75. The Morgan fingerprint density at radius 1 is 1.43 bits per heavy atom. The molecule has 1 aromatic rings. The van der Waals surface area contributed by atoms with Gasteiger partial charge in [0, 0.05) is 31.7 Å². The summed E-state index contributed by atoms with van der Waals surface area (Å²) in [7, 11) is 3.12. The lowest BCUT2D eigenvalue weighted by molar-refractivity contribution is -0.386. The number of hydrogen-bond donors (Lipinski definition) is 1. The van der Waals surface area contributed by atoms with Crippen molar-refractivity contribution in [1.29, 1.82) is 0 Å². The minimum Gasteiger partial charge on any atom is -0.497 e. The molecule has 0 radical (unpaired) electrons. The zero-order valence-corrected chi connectivity index (χ0v) is 12.4. The zero-order chi connectivity index (χ0) is 15.4. The first-order valence-corrected chi connectivity index (χ1v) is 6.86. The summed E-state index contributed by atoms with van der Waals surface area (Å²) in [6, 6.07) is 4.68. The van der Waals surface area contributed by atoms with Gasteiger partial charge in [0.05, 0.1) is 12.0 Å². The maximum atomic E-state index is 11.1. The lowest BCUT2D eigenvalue weighted by Crippen LogP contribution is -2.60. The SMILES string of the molecule is CCNC1CC(Oc2cc(OC)ccc2[N+](=O)[O-])C1OC. The third-order valence-corrected chi connectivity index (χ3v) is 3.63. The van der Waals surface area contributed by atoms with Gasteiger partial charge in [0.1, 0.15) is 18.0 Å². The van der Waals surface area contributed by atoms with Crippen molar-refractivity contribution in [3.63, 3.8) is 0 Å². The van der Waals surface area contributed by atoms with E-state index in [4.69, 9.17) is 14.2 Å². The second-order valence-electron chi connectivity index (χ2n) is 4.85. The Bertz CT molecular complexity index is 508. The molecule has 1 aliphatic carbocycles. The number of benzene rings is 1. The Morgan fingerprint density at radius 3 is 2.76 bits per heavy atom. The van der Waals surface area contributed by atoms with Gasteiger partial charge in [-0.15, -0.1) is 0 Å². The molecule has 1 fully saturated rings. The molecule has 1 aromatic carbocycles. The number of ether oxygens (including phenoxy) is 3. The van der Waals surface area contributed by atoms with Crippen LogP contribution < -0.4 is 14.8 Å². The second-order valence-corrected chi connectivity index (χ2v) is 4.85. The lowest BCUT2D eigenvalue weighted by Gasteiger charge is -2.43. The van der Waals surface area contributed by atoms with Crippen molar-refractivity contribution in [3.8, 4) is 11.5 Å². The fraction of sp³-hybridized carbons (Fsp3) is 0.571. The van der Waals surface area contributed by atoms with E-state index in [9.17, 15) is 10.1 Å². The summed E-state index contributed by atoms with van der Waals surface area (Å²) >= 11 is 0. The van der Waals surface area contributed by atoms with Gasteiger partial charge >= 0.3 is 5.69 Å². The van der Waals surface area contributed by atoms with Crippen LogP contribution in [0.5, 0.6) is 11.5 Å². The van der Waals surface area contributed by atoms with E-state index in [0.717, 1.165) is 13.0 Å². The molecular formula is C14H20N2O5. The van der Waals surface area contributed by atoms with Crippen molar-refractivity contribution < 1.29 is 19.1 Å². The average molecular weight is 296 g/mol. The first-order chi connectivity index (χ1) is 10.1. The minimum absolute atomic E-state index is 0.0717. The third-order valence-electron chi connectivity index (χ3n) is 3.63. The van der Waals surface area contributed by atoms with Crippen molar-refractivity contribution in [1.82, 2.24) is 5.32 Å². The van der Waals surface area contributed by atoms with Crippen LogP contribution in [0, 0.1) is 10.1 Å². The Kier molecular flexibility index (Phi) is 4.98. The highest BCUT2D eigenvalue weighted by Crippen LogP contribution is 2.36. The number of nitro benzene ring substituents is 1. The summed E-state index contributed by atoms with van der Waals surface area (Å²) in [5.41, 5.74) is -0.0717. The molecule has 0 spiro atoms. The molecule has 0 amide bonds. The molecule has 1 N–H and O–H groups in total. The van der Waals surface area contributed by atoms with Crippen LogP contribution in [0.1, 0.15) is 13.3 Å². The Morgan fingerprint density at radius 2 is 2.19 bits per heavy atom. The topological polar surface area (TPSA) is 82.9 Å². The Hall–Kier alpha value is -1.86. The van der Waals surface area contributed by atoms with E-state index in [-0.39, 0.29) is 29.7 Å². The Labute approximate surface area is 123 Å². The molecule has 3 unspecified atom stereocenters. The number of nitrogens with zero attached hydrogens (tertiary/aromatic N) is 1. The third kappa shape index (κ3) is 3.25. The number of likely N-dealkylation sites (N-methyl/N-ethyl adjacent to an activating group) is 1. The Balaban J connectivity index is 2.13. The van der Waals surface area contributed by atoms with Gasteiger partial charge < -0.3 is 19.5 Å². The van der Waals surface area contributed by atoms with E-state index in [0.29, 0.717) is 5.75 Å². The highest BCUT2D eigenvalue weighted by molar-refractivity contribution is 5.50. The number of hydrogen-bond acceptors (Lipinski definition) is 6. The van der Waals surface area contributed by atoms with Crippen LogP contribution in [-0.2, 0) is 4.74 Å². The van der Waals surface area contributed by atoms with E-state index in [1.807, 2.05) is 6.92 Å². The van der Waals surface area contributed by atoms with Crippen LogP contribution >= 0.6 is 0 Å². The maximum absolute atomic E-state index is 11.1. The first kappa shape index (κ1) is 15.5. The van der Waals surface area contributed by atoms with Crippen LogP contribution in [0.3, 0.4) is 0 Å². The number of methoxy groups -OCH3 is 2. The van der Waals surface area contributed by atoms with Crippen molar-refractivity contribution in [2.45, 2.75) is 31.6 Å². The molecule has 7 heteroatoms. The first-order valence-electron chi connectivity index (χ1n) is 6.86. The van der Waals surface area contributed by atoms with E-state index >= 15 is 0 Å². The highest BCUT2D eigenvalue weighted by Gasteiger charge is 2.43. The van der Waals surface area contributed by atoms with E-state index in [2.05, 4.69) is 5.32 Å². The van der Waals surface area contributed by atoms with Gasteiger partial charge in [-0.3, -0.25) is 10.1 Å².